The van der Waals surface area contributed by atoms with E-state index in [-0.39, 0.29) is 11.7 Å². The van der Waals surface area contributed by atoms with Gasteiger partial charge >= 0.3 is 0 Å². The minimum absolute atomic E-state index is 0.0935. The second kappa shape index (κ2) is 10.7. The molecular formula is C28H27N5OS. The first-order chi connectivity index (χ1) is 17.2. The largest absolute Gasteiger partial charge is 0.372 e. The molecule has 1 fully saturated rings. The van der Waals surface area contributed by atoms with Crippen molar-refractivity contribution in [3.05, 3.63) is 84.4 Å². The number of amides is 1. The van der Waals surface area contributed by atoms with Crippen LogP contribution < -0.4 is 10.2 Å². The van der Waals surface area contributed by atoms with Gasteiger partial charge in [-0.2, -0.15) is 0 Å². The molecule has 1 aliphatic rings. The van der Waals surface area contributed by atoms with Gasteiger partial charge in [0.1, 0.15) is 11.4 Å². The Bertz CT molecular complexity index is 1310. The molecule has 0 radical (unpaired) electrons. The molecule has 0 spiro atoms. The fourth-order valence-electron chi connectivity index (χ4n) is 4.24. The maximum Gasteiger partial charge on any atom is 0.234 e. The molecule has 35 heavy (non-hydrogen) atoms. The van der Waals surface area contributed by atoms with E-state index in [1.807, 2.05) is 73.7 Å². The number of carbonyl (C=O) groups is 1. The molecular weight excluding hydrogens is 454 g/mol. The average molecular weight is 482 g/mol. The number of nitrogens with one attached hydrogen (secondary N) is 1. The molecule has 7 heteroatoms. The summed E-state index contributed by atoms with van der Waals surface area (Å²) in [4.78, 5) is 19.9. The lowest BCUT2D eigenvalue weighted by atomic mass is 10.0. The third-order valence-corrected chi connectivity index (χ3v) is 6.89. The zero-order valence-electron chi connectivity index (χ0n) is 19.6. The van der Waals surface area contributed by atoms with Gasteiger partial charge in [-0.25, -0.2) is 4.98 Å². The van der Waals surface area contributed by atoms with E-state index in [1.165, 1.54) is 30.3 Å². The molecule has 4 aromatic rings. The Balaban J connectivity index is 1.29. The second-order valence-corrected chi connectivity index (χ2v) is 9.50. The van der Waals surface area contributed by atoms with E-state index >= 15 is 0 Å². The van der Waals surface area contributed by atoms with Crippen molar-refractivity contribution in [2.24, 2.45) is 0 Å². The summed E-state index contributed by atoms with van der Waals surface area (Å²) in [7, 11) is 0. The minimum Gasteiger partial charge on any atom is -0.372 e. The van der Waals surface area contributed by atoms with Crippen LogP contribution in [0.1, 0.15) is 18.4 Å². The van der Waals surface area contributed by atoms with Crippen LogP contribution in [0.4, 0.5) is 11.4 Å². The first kappa shape index (κ1) is 23.1. The molecule has 1 N–H and O–H groups in total. The average Bonchev–Trinajstić information content (AvgIpc) is 3.45. The number of hydrogen-bond donors (Lipinski definition) is 1. The Morgan fingerprint density at radius 3 is 2.20 bits per heavy atom. The van der Waals surface area contributed by atoms with Gasteiger partial charge in [-0.15, -0.1) is 10.2 Å². The van der Waals surface area contributed by atoms with Crippen LogP contribution in [0.5, 0.6) is 0 Å². The molecule has 0 atom stereocenters. The predicted octanol–water partition coefficient (Wildman–Crippen LogP) is 5.85. The number of hydrogen-bond acceptors (Lipinski definition) is 6. The number of benzene rings is 3. The van der Waals surface area contributed by atoms with Gasteiger partial charge in [0.25, 0.3) is 0 Å². The number of anilines is 2. The summed E-state index contributed by atoms with van der Waals surface area (Å²) in [6, 6.07) is 26.1. The van der Waals surface area contributed by atoms with Crippen molar-refractivity contribution < 1.29 is 4.79 Å². The molecule has 6 nitrogen and oxygen atoms in total. The van der Waals surface area contributed by atoms with Crippen LogP contribution in [-0.4, -0.2) is 39.9 Å². The number of rotatable bonds is 7. The van der Waals surface area contributed by atoms with E-state index in [0.717, 1.165) is 46.9 Å². The van der Waals surface area contributed by atoms with Crippen molar-refractivity contribution >= 4 is 29.0 Å². The van der Waals surface area contributed by atoms with Crippen molar-refractivity contribution in [2.45, 2.75) is 24.9 Å². The summed E-state index contributed by atoms with van der Waals surface area (Å²) in [5.41, 5.74) is 6.50. The summed E-state index contributed by atoms with van der Waals surface area (Å²) in [6.45, 7) is 4.23. The quantitative estimate of drug-likeness (QED) is 0.334. The van der Waals surface area contributed by atoms with Crippen LogP contribution in [0.3, 0.4) is 0 Å². The lowest BCUT2D eigenvalue weighted by Gasteiger charge is -2.19. The highest BCUT2D eigenvalue weighted by Crippen LogP contribution is 2.30. The highest BCUT2D eigenvalue weighted by molar-refractivity contribution is 7.99. The van der Waals surface area contributed by atoms with Gasteiger partial charge in [-0.05, 0) is 43.5 Å². The molecule has 3 aromatic carbocycles. The van der Waals surface area contributed by atoms with Crippen molar-refractivity contribution in [2.75, 3.05) is 29.1 Å². The Morgan fingerprint density at radius 2 is 1.54 bits per heavy atom. The summed E-state index contributed by atoms with van der Waals surface area (Å²) >= 11 is 1.28. The second-order valence-electron chi connectivity index (χ2n) is 8.55. The van der Waals surface area contributed by atoms with Crippen LogP contribution >= 0.6 is 11.8 Å². The maximum absolute atomic E-state index is 12.7. The zero-order chi connectivity index (χ0) is 24.0. The van der Waals surface area contributed by atoms with Gasteiger partial charge < -0.3 is 10.2 Å². The van der Waals surface area contributed by atoms with Crippen molar-refractivity contribution in [1.29, 1.82) is 0 Å². The summed E-state index contributed by atoms with van der Waals surface area (Å²) in [6.07, 6.45) is 2.48. The molecule has 0 unspecified atom stereocenters. The fraction of sp³-hybridized carbons (Fsp3) is 0.214. The molecule has 0 bridgehead atoms. The third kappa shape index (κ3) is 5.52. The summed E-state index contributed by atoms with van der Waals surface area (Å²) < 4.78 is 0. The monoisotopic (exact) mass is 481 g/mol. The molecule has 1 aliphatic heterocycles. The number of nitrogens with zero attached hydrogens (tertiary/aromatic N) is 4. The molecule has 1 amide bonds. The maximum atomic E-state index is 12.7. The third-order valence-electron chi connectivity index (χ3n) is 6.05. The summed E-state index contributed by atoms with van der Waals surface area (Å²) in [5.74, 6) is 0.109. The standard InChI is InChI=1S/C28H27N5OS/c1-20-18-23(33-16-8-9-17-33)14-15-24(20)29-25(34)19-35-28-30-26(21-10-4-2-5-11-21)27(31-32-28)22-12-6-3-7-13-22/h2-7,10-15,18H,8-9,16-17,19H2,1H3,(H,29,34). The molecule has 0 saturated carbocycles. The minimum atomic E-state index is -0.0935. The van der Waals surface area contributed by atoms with Crippen LogP contribution in [-0.2, 0) is 4.79 Å². The van der Waals surface area contributed by atoms with E-state index in [1.54, 1.807) is 0 Å². The first-order valence-electron chi connectivity index (χ1n) is 11.8. The van der Waals surface area contributed by atoms with E-state index < -0.39 is 0 Å². The van der Waals surface area contributed by atoms with Gasteiger partial charge in [0, 0.05) is 35.6 Å². The predicted molar refractivity (Wildman–Crippen MR) is 143 cm³/mol. The molecule has 2 heterocycles. The number of aryl methyl sites for hydroxylation is 1. The Kier molecular flexibility index (Phi) is 7.04. The molecule has 1 saturated heterocycles. The van der Waals surface area contributed by atoms with E-state index in [0.29, 0.717) is 5.16 Å². The smallest absolute Gasteiger partial charge is 0.234 e. The highest BCUT2D eigenvalue weighted by Gasteiger charge is 2.16. The highest BCUT2D eigenvalue weighted by atomic mass is 32.2. The van der Waals surface area contributed by atoms with Crippen LogP contribution in [0.2, 0.25) is 0 Å². The van der Waals surface area contributed by atoms with Gasteiger partial charge in [0.2, 0.25) is 11.1 Å². The Morgan fingerprint density at radius 1 is 0.886 bits per heavy atom. The van der Waals surface area contributed by atoms with Crippen molar-refractivity contribution in [3.63, 3.8) is 0 Å². The number of aromatic nitrogens is 3. The lowest BCUT2D eigenvalue weighted by Crippen LogP contribution is -2.18. The van der Waals surface area contributed by atoms with Gasteiger partial charge in [-0.3, -0.25) is 4.79 Å². The van der Waals surface area contributed by atoms with Gasteiger partial charge in [0.15, 0.2) is 0 Å². The number of thioether (sulfide) groups is 1. The van der Waals surface area contributed by atoms with Crippen LogP contribution in [0.15, 0.2) is 84.0 Å². The van der Waals surface area contributed by atoms with Gasteiger partial charge in [0.05, 0.1) is 5.75 Å². The van der Waals surface area contributed by atoms with Crippen LogP contribution in [0.25, 0.3) is 22.5 Å². The lowest BCUT2D eigenvalue weighted by molar-refractivity contribution is -0.113. The van der Waals surface area contributed by atoms with E-state index in [2.05, 4.69) is 32.5 Å². The Labute approximate surface area is 209 Å². The van der Waals surface area contributed by atoms with Gasteiger partial charge in [-0.1, -0.05) is 72.4 Å². The molecule has 5 rings (SSSR count). The zero-order valence-corrected chi connectivity index (χ0v) is 20.5. The summed E-state index contributed by atoms with van der Waals surface area (Å²) in [5, 5.41) is 12.3. The normalized spacial score (nSPS) is 13.1. The topological polar surface area (TPSA) is 71.0 Å². The van der Waals surface area contributed by atoms with Crippen LogP contribution in [0, 0.1) is 6.92 Å². The van der Waals surface area contributed by atoms with Crippen molar-refractivity contribution in [1.82, 2.24) is 15.2 Å². The SMILES string of the molecule is Cc1cc(N2CCCC2)ccc1NC(=O)CSc1nnc(-c2ccccc2)c(-c2ccccc2)n1. The molecule has 176 valence electrons. The van der Waals surface area contributed by atoms with Crippen molar-refractivity contribution in [3.8, 4) is 22.5 Å². The Hall–Kier alpha value is -3.71. The fourth-order valence-corrected chi connectivity index (χ4v) is 4.82. The van der Waals surface area contributed by atoms with E-state index in [4.69, 9.17) is 4.98 Å². The van der Waals surface area contributed by atoms with E-state index in [9.17, 15) is 4.79 Å². The molecule has 1 aromatic heterocycles. The molecule has 0 aliphatic carbocycles. The number of carbonyl (C=O) groups excluding carboxylic acids is 1. The first-order valence-corrected chi connectivity index (χ1v) is 12.8.